The fourth-order valence-electron chi connectivity index (χ4n) is 1.39. The Morgan fingerprint density at radius 2 is 1.86 bits per heavy atom. The van der Waals surface area contributed by atoms with E-state index in [9.17, 15) is 0 Å². The predicted octanol–water partition coefficient (Wildman–Crippen LogP) is 3.93. The summed E-state index contributed by atoms with van der Waals surface area (Å²) in [5, 5.41) is 0. The second-order valence-corrected chi connectivity index (χ2v) is 3.95. The third kappa shape index (κ3) is 3.62. The smallest absolute Gasteiger partial charge is 0.119 e. The van der Waals surface area contributed by atoms with Crippen LogP contribution in [0.1, 0.15) is 33.1 Å². The molecule has 78 valence electrons. The molecule has 0 aromatic heterocycles. The molecular formula is C12H18OS. The number of rotatable bonds is 5. The fraction of sp³-hybridized carbons (Fsp3) is 0.500. The minimum atomic E-state index is 0.353. The van der Waals surface area contributed by atoms with Crippen LogP contribution in [0.2, 0.25) is 0 Å². The zero-order valence-corrected chi connectivity index (χ0v) is 9.76. The van der Waals surface area contributed by atoms with Crippen LogP contribution in [0.4, 0.5) is 0 Å². The molecule has 0 heterocycles. The Balaban J connectivity index is 2.53. The molecule has 1 aromatic rings. The van der Waals surface area contributed by atoms with E-state index in [-0.39, 0.29) is 0 Å². The first-order valence-electron chi connectivity index (χ1n) is 5.22. The maximum atomic E-state index is 5.83. The summed E-state index contributed by atoms with van der Waals surface area (Å²) in [7, 11) is 0. The number of ether oxygens (including phenoxy) is 1. The lowest BCUT2D eigenvalue weighted by Gasteiger charge is -2.16. The van der Waals surface area contributed by atoms with Gasteiger partial charge in [0, 0.05) is 4.90 Å². The van der Waals surface area contributed by atoms with Gasteiger partial charge in [0.25, 0.3) is 0 Å². The van der Waals surface area contributed by atoms with Crippen LogP contribution in [0.15, 0.2) is 29.2 Å². The lowest BCUT2D eigenvalue weighted by atomic mass is 10.1. The number of thiol groups is 1. The predicted molar refractivity (Wildman–Crippen MR) is 63.3 cm³/mol. The molecule has 0 aliphatic carbocycles. The van der Waals surface area contributed by atoms with E-state index in [0.717, 1.165) is 23.5 Å². The molecule has 0 saturated heterocycles. The summed E-state index contributed by atoms with van der Waals surface area (Å²) in [4.78, 5) is 0.973. The van der Waals surface area contributed by atoms with Gasteiger partial charge < -0.3 is 4.74 Å². The molecular weight excluding hydrogens is 192 g/mol. The quantitative estimate of drug-likeness (QED) is 0.724. The molecule has 1 unspecified atom stereocenters. The van der Waals surface area contributed by atoms with E-state index in [4.69, 9.17) is 4.74 Å². The van der Waals surface area contributed by atoms with E-state index in [1.54, 1.807) is 0 Å². The summed E-state index contributed by atoms with van der Waals surface area (Å²) in [6, 6.07) is 7.86. The summed E-state index contributed by atoms with van der Waals surface area (Å²) < 4.78 is 5.83. The molecule has 1 aromatic carbocycles. The van der Waals surface area contributed by atoms with Crippen molar-refractivity contribution in [3.63, 3.8) is 0 Å². The highest BCUT2D eigenvalue weighted by Crippen LogP contribution is 2.18. The SMILES string of the molecule is CCCC(CC)Oc1ccc(S)cc1. The van der Waals surface area contributed by atoms with Crippen LogP contribution in [0.3, 0.4) is 0 Å². The van der Waals surface area contributed by atoms with Crippen LogP contribution in [0, 0.1) is 0 Å². The summed E-state index contributed by atoms with van der Waals surface area (Å²) >= 11 is 4.23. The molecule has 0 aliphatic heterocycles. The van der Waals surface area contributed by atoms with Crippen LogP contribution < -0.4 is 4.74 Å². The lowest BCUT2D eigenvalue weighted by Crippen LogP contribution is -2.14. The molecule has 1 nitrogen and oxygen atoms in total. The average molecular weight is 210 g/mol. The molecule has 2 heteroatoms. The van der Waals surface area contributed by atoms with E-state index in [1.165, 1.54) is 6.42 Å². The second kappa shape index (κ2) is 5.97. The van der Waals surface area contributed by atoms with Gasteiger partial charge in [0.15, 0.2) is 0 Å². The first kappa shape index (κ1) is 11.4. The Morgan fingerprint density at radius 3 is 2.36 bits per heavy atom. The maximum Gasteiger partial charge on any atom is 0.119 e. The molecule has 0 aliphatic rings. The van der Waals surface area contributed by atoms with Gasteiger partial charge in [-0.05, 0) is 37.1 Å². The van der Waals surface area contributed by atoms with Crippen molar-refractivity contribution in [3.8, 4) is 5.75 Å². The Hall–Kier alpha value is -0.630. The van der Waals surface area contributed by atoms with E-state index >= 15 is 0 Å². The summed E-state index contributed by atoms with van der Waals surface area (Å²) in [5.74, 6) is 0.947. The highest BCUT2D eigenvalue weighted by Gasteiger charge is 2.05. The zero-order valence-electron chi connectivity index (χ0n) is 8.86. The van der Waals surface area contributed by atoms with Crippen LogP contribution in [-0.2, 0) is 0 Å². The van der Waals surface area contributed by atoms with Crippen molar-refractivity contribution < 1.29 is 4.74 Å². The molecule has 0 fully saturated rings. The lowest BCUT2D eigenvalue weighted by molar-refractivity contribution is 0.185. The first-order chi connectivity index (χ1) is 6.76. The minimum Gasteiger partial charge on any atom is -0.490 e. The molecule has 0 amide bonds. The van der Waals surface area contributed by atoms with Crippen LogP contribution >= 0.6 is 12.6 Å². The standard InChI is InChI=1S/C12H18OS/c1-3-5-10(4-2)13-11-6-8-12(14)9-7-11/h6-10,14H,3-5H2,1-2H3. The van der Waals surface area contributed by atoms with Crippen LogP contribution in [-0.4, -0.2) is 6.10 Å². The van der Waals surface area contributed by atoms with E-state index in [1.807, 2.05) is 24.3 Å². The van der Waals surface area contributed by atoms with Crippen molar-refractivity contribution >= 4 is 12.6 Å². The van der Waals surface area contributed by atoms with Gasteiger partial charge >= 0.3 is 0 Å². The highest BCUT2D eigenvalue weighted by molar-refractivity contribution is 7.80. The van der Waals surface area contributed by atoms with E-state index < -0.39 is 0 Å². The molecule has 0 N–H and O–H groups in total. The van der Waals surface area contributed by atoms with Gasteiger partial charge in [0.05, 0.1) is 6.10 Å². The average Bonchev–Trinajstić information content (AvgIpc) is 2.20. The Labute approximate surface area is 91.9 Å². The Morgan fingerprint density at radius 1 is 1.21 bits per heavy atom. The van der Waals surface area contributed by atoms with Crippen molar-refractivity contribution in [1.29, 1.82) is 0 Å². The van der Waals surface area contributed by atoms with Crippen LogP contribution in [0.5, 0.6) is 5.75 Å². The van der Waals surface area contributed by atoms with Crippen LogP contribution in [0.25, 0.3) is 0 Å². The van der Waals surface area contributed by atoms with Crippen molar-refractivity contribution in [2.45, 2.75) is 44.1 Å². The van der Waals surface area contributed by atoms with E-state index in [2.05, 4.69) is 26.5 Å². The minimum absolute atomic E-state index is 0.353. The molecule has 0 bridgehead atoms. The highest BCUT2D eigenvalue weighted by atomic mass is 32.1. The van der Waals surface area contributed by atoms with Crippen molar-refractivity contribution in [3.05, 3.63) is 24.3 Å². The van der Waals surface area contributed by atoms with Gasteiger partial charge in [0.2, 0.25) is 0 Å². The van der Waals surface area contributed by atoms with Gasteiger partial charge in [-0.25, -0.2) is 0 Å². The van der Waals surface area contributed by atoms with Gasteiger partial charge in [0.1, 0.15) is 5.75 Å². The van der Waals surface area contributed by atoms with Gasteiger partial charge in [-0.2, -0.15) is 0 Å². The summed E-state index contributed by atoms with van der Waals surface area (Å²) in [6.07, 6.45) is 3.71. The zero-order chi connectivity index (χ0) is 10.4. The third-order valence-electron chi connectivity index (χ3n) is 2.21. The number of hydrogen-bond acceptors (Lipinski definition) is 2. The van der Waals surface area contributed by atoms with Crippen molar-refractivity contribution in [2.75, 3.05) is 0 Å². The summed E-state index contributed by atoms with van der Waals surface area (Å²) in [6.45, 7) is 4.34. The first-order valence-corrected chi connectivity index (χ1v) is 5.66. The summed E-state index contributed by atoms with van der Waals surface area (Å²) in [5.41, 5.74) is 0. The Kier molecular flexibility index (Phi) is 4.88. The monoisotopic (exact) mass is 210 g/mol. The largest absolute Gasteiger partial charge is 0.490 e. The topological polar surface area (TPSA) is 9.23 Å². The molecule has 14 heavy (non-hydrogen) atoms. The normalized spacial score (nSPS) is 12.5. The third-order valence-corrected chi connectivity index (χ3v) is 2.50. The van der Waals surface area contributed by atoms with Crippen molar-refractivity contribution in [2.24, 2.45) is 0 Å². The van der Waals surface area contributed by atoms with Gasteiger partial charge in [-0.1, -0.05) is 20.3 Å². The molecule has 0 radical (unpaired) electrons. The molecule has 0 saturated carbocycles. The number of hydrogen-bond donors (Lipinski definition) is 1. The van der Waals surface area contributed by atoms with Gasteiger partial charge in [-0.15, -0.1) is 12.6 Å². The molecule has 1 rings (SSSR count). The fourth-order valence-corrected chi connectivity index (χ4v) is 1.53. The molecule has 0 spiro atoms. The maximum absolute atomic E-state index is 5.83. The van der Waals surface area contributed by atoms with Crippen molar-refractivity contribution in [1.82, 2.24) is 0 Å². The Bertz CT molecular complexity index is 256. The molecule has 1 atom stereocenters. The second-order valence-electron chi connectivity index (χ2n) is 3.43. The van der Waals surface area contributed by atoms with Gasteiger partial charge in [-0.3, -0.25) is 0 Å². The van der Waals surface area contributed by atoms with E-state index in [0.29, 0.717) is 6.10 Å². The number of benzene rings is 1.